The highest BCUT2D eigenvalue weighted by molar-refractivity contribution is 5.85. The quantitative estimate of drug-likeness (QED) is 0.917. The molecule has 1 aliphatic carbocycles. The normalized spacial score (nSPS) is 30.7. The van der Waals surface area contributed by atoms with Gasteiger partial charge in [0.1, 0.15) is 0 Å². The van der Waals surface area contributed by atoms with Crippen molar-refractivity contribution in [3.63, 3.8) is 0 Å². The number of halogens is 1. The van der Waals surface area contributed by atoms with Crippen LogP contribution in [0.2, 0.25) is 0 Å². The number of hydrogen-bond acceptors (Lipinski definition) is 3. The Morgan fingerprint density at radius 1 is 1.39 bits per heavy atom. The molecule has 1 saturated heterocycles. The Bertz CT molecular complexity index is 532. The Hall–Kier alpha value is -1.07. The summed E-state index contributed by atoms with van der Waals surface area (Å²) in [4.78, 5) is 15.0. The second kappa shape index (κ2) is 7.67. The zero-order valence-corrected chi connectivity index (χ0v) is 15.2. The second-order valence-corrected chi connectivity index (χ2v) is 7.19. The molecule has 1 aliphatic heterocycles. The number of carbonyl (C=O) groups is 1. The number of aromatic nitrogens is 2. The van der Waals surface area contributed by atoms with E-state index in [-0.39, 0.29) is 24.2 Å². The SMILES string of the molecule is CC1CCCC(N(C)C(=O)[C@H]2CNC[C@@H]2c2cnn(C)c2)C1.Cl. The van der Waals surface area contributed by atoms with Crippen LogP contribution < -0.4 is 5.32 Å². The van der Waals surface area contributed by atoms with Crippen molar-refractivity contribution < 1.29 is 4.79 Å². The van der Waals surface area contributed by atoms with Crippen molar-refractivity contribution in [2.75, 3.05) is 20.1 Å². The van der Waals surface area contributed by atoms with Crippen molar-refractivity contribution >= 4 is 18.3 Å². The van der Waals surface area contributed by atoms with Crippen molar-refractivity contribution in [3.05, 3.63) is 18.0 Å². The molecule has 4 atom stereocenters. The second-order valence-electron chi connectivity index (χ2n) is 7.19. The van der Waals surface area contributed by atoms with Gasteiger partial charge in [-0.15, -0.1) is 12.4 Å². The summed E-state index contributed by atoms with van der Waals surface area (Å²) in [6.45, 7) is 3.96. The molecule has 5 nitrogen and oxygen atoms in total. The minimum Gasteiger partial charge on any atom is -0.342 e. The van der Waals surface area contributed by atoms with Crippen LogP contribution in [0.4, 0.5) is 0 Å². The van der Waals surface area contributed by atoms with Gasteiger partial charge in [-0.1, -0.05) is 19.8 Å². The van der Waals surface area contributed by atoms with E-state index in [1.165, 1.54) is 18.4 Å². The summed E-state index contributed by atoms with van der Waals surface area (Å²) < 4.78 is 1.82. The molecule has 1 N–H and O–H groups in total. The first-order valence-corrected chi connectivity index (χ1v) is 8.52. The Morgan fingerprint density at radius 2 is 2.17 bits per heavy atom. The van der Waals surface area contributed by atoms with Gasteiger partial charge in [0.05, 0.1) is 12.1 Å². The number of hydrogen-bond donors (Lipinski definition) is 1. The average Bonchev–Trinajstić information content (AvgIpc) is 3.14. The third-order valence-corrected chi connectivity index (χ3v) is 5.49. The molecule has 6 heteroatoms. The van der Waals surface area contributed by atoms with Gasteiger partial charge in [0.15, 0.2) is 0 Å². The maximum atomic E-state index is 13.0. The van der Waals surface area contributed by atoms with Crippen molar-refractivity contribution in [2.24, 2.45) is 18.9 Å². The van der Waals surface area contributed by atoms with Gasteiger partial charge in [-0.25, -0.2) is 0 Å². The molecule has 0 radical (unpaired) electrons. The lowest BCUT2D eigenvalue weighted by Crippen LogP contribution is -2.44. The van der Waals surface area contributed by atoms with E-state index < -0.39 is 0 Å². The van der Waals surface area contributed by atoms with E-state index in [4.69, 9.17) is 0 Å². The number of nitrogens with zero attached hydrogens (tertiary/aromatic N) is 3. The van der Waals surface area contributed by atoms with E-state index in [9.17, 15) is 4.79 Å². The molecule has 1 amide bonds. The minimum absolute atomic E-state index is 0. The molecule has 0 spiro atoms. The van der Waals surface area contributed by atoms with Gasteiger partial charge in [0, 0.05) is 45.3 Å². The lowest BCUT2D eigenvalue weighted by Gasteiger charge is -2.36. The lowest BCUT2D eigenvalue weighted by molar-refractivity contribution is -0.137. The Kier molecular flexibility index (Phi) is 6.09. The summed E-state index contributed by atoms with van der Waals surface area (Å²) in [6.07, 6.45) is 8.81. The van der Waals surface area contributed by atoms with Crippen molar-refractivity contribution in [1.29, 1.82) is 0 Å². The van der Waals surface area contributed by atoms with E-state index in [0.29, 0.717) is 11.9 Å². The molecule has 130 valence electrons. The van der Waals surface area contributed by atoms with Crippen LogP contribution in [0.15, 0.2) is 12.4 Å². The van der Waals surface area contributed by atoms with E-state index in [0.717, 1.165) is 31.8 Å². The number of carbonyl (C=O) groups excluding carboxylic acids is 1. The zero-order valence-electron chi connectivity index (χ0n) is 14.4. The van der Waals surface area contributed by atoms with E-state index in [1.807, 2.05) is 36.1 Å². The summed E-state index contributed by atoms with van der Waals surface area (Å²) in [5.74, 6) is 1.35. The third kappa shape index (κ3) is 3.89. The summed E-state index contributed by atoms with van der Waals surface area (Å²) >= 11 is 0. The largest absolute Gasteiger partial charge is 0.342 e. The molecule has 2 aliphatic rings. The lowest BCUT2D eigenvalue weighted by atomic mass is 9.84. The van der Waals surface area contributed by atoms with Gasteiger partial charge in [-0.05, 0) is 24.3 Å². The Balaban J connectivity index is 0.00000192. The Labute approximate surface area is 145 Å². The highest BCUT2D eigenvalue weighted by atomic mass is 35.5. The third-order valence-electron chi connectivity index (χ3n) is 5.49. The van der Waals surface area contributed by atoms with Crippen LogP contribution in [-0.4, -0.2) is 46.8 Å². The molecule has 0 bridgehead atoms. The first-order valence-electron chi connectivity index (χ1n) is 8.52. The zero-order chi connectivity index (χ0) is 15.7. The summed E-state index contributed by atoms with van der Waals surface area (Å²) in [7, 11) is 3.93. The van der Waals surface area contributed by atoms with Crippen LogP contribution in [-0.2, 0) is 11.8 Å². The molecule has 1 saturated carbocycles. The fourth-order valence-corrected chi connectivity index (χ4v) is 4.12. The van der Waals surface area contributed by atoms with Crippen LogP contribution in [0.1, 0.15) is 44.1 Å². The van der Waals surface area contributed by atoms with Crippen LogP contribution in [0.25, 0.3) is 0 Å². The smallest absolute Gasteiger partial charge is 0.227 e. The first-order chi connectivity index (χ1) is 10.6. The summed E-state index contributed by atoms with van der Waals surface area (Å²) in [5, 5.41) is 7.66. The first kappa shape index (κ1) is 18.3. The van der Waals surface area contributed by atoms with Gasteiger partial charge in [0.25, 0.3) is 0 Å². The molecule has 2 heterocycles. The van der Waals surface area contributed by atoms with Crippen LogP contribution in [0.5, 0.6) is 0 Å². The van der Waals surface area contributed by atoms with Gasteiger partial charge in [-0.3, -0.25) is 9.48 Å². The summed E-state index contributed by atoms with van der Waals surface area (Å²) in [6, 6.07) is 0.423. The number of nitrogens with one attached hydrogen (secondary N) is 1. The number of aryl methyl sites for hydroxylation is 1. The van der Waals surface area contributed by atoms with Crippen molar-refractivity contribution in [3.8, 4) is 0 Å². The topological polar surface area (TPSA) is 50.2 Å². The molecule has 3 rings (SSSR count). The molecule has 23 heavy (non-hydrogen) atoms. The van der Waals surface area contributed by atoms with E-state index >= 15 is 0 Å². The fraction of sp³-hybridized carbons (Fsp3) is 0.765. The molecule has 0 aromatic carbocycles. The predicted octanol–water partition coefficient (Wildman–Crippen LogP) is 2.18. The van der Waals surface area contributed by atoms with Crippen LogP contribution in [0, 0.1) is 11.8 Å². The minimum atomic E-state index is 0. The average molecular weight is 341 g/mol. The molecule has 2 fully saturated rings. The van der Waals surface area contributed by atoms with Gasteiger partial charge in [0.2, 0.25) is 5.91 Å². The number of rotatable bonds is 3. The van der Waals surface area contributed by atoms with Gasteiger partial charge < -0.3 is 10.2 Å². The molecule has 2 unspecified atom stereocenters. The van der Waals surface area contributed by atoms with Crippen LogP contribution >= 0.6 is 12.4 Å². The summed E-state index contributed by atoms with van der Waals surface area (Å²) in [5.41, 5.74) is 1.18. The molecular weight excluding hydrogens is 312 g/mol. The highest BCUT2D eigenvalue weighted by Crippen LogP contribution is 2.32. The van der Waals surface area contributed by atoms with Gasteiger partial charge in [-0.2, -0.15) is 5.10 Å². The standard InChI is InChI=1S/C17H28N4O.ClH/c1-12-5-4-6-14(7-12)21(3)17(22)16-10-18-9-15(16)13-8-19-20(2)11-13;/h8,11-12,14-16,18H,4-7,9-10H2,1-3H3;1H/t12?,14?,15-,16+;/m1./s1. The molecule has 1 aromatic rings. The maximum absolute atomic E-state index is 13.0. The molecular formula is C17H29ClN4O. The van der Waals surface area contributed by atoms with Crippen molar-refractivity contribution in [1.82, 2.24) is 20.0 Å². The van der Waals surface area contributed by atoms with Gasteiger partial charge >= 0.3 is 0 Å². The molecule has 1 aromatic heterocycles. The number of amides is 1. The maximum Gasteiger partial charge on any atom is 0.227 e. The predicted molar refractivity (Wildman–Crippen MR) is 93.7 cm³/mol. The van der Waals surface area contributed by atoms with E-state index in [2.05, 4.69) is 17.3 Å². The van der Waals surface area contributed by atoms with Crippen LogP contribution in [0.3, 0.4) is 0 Å². The highest BCUT2D eigenvalue weighted by Gasteiger charge is 2.38. The monoisotopic (exact) mass is 340 g/mol. The van der Waals surface area contributed by atoms with E-state index in [1.54, 1.807) is 0 Å². The Morgan fingerprint density at radius 3 is 2.83 bits per heavy atom. The van der Waals surface area contributed by atoms with Crippen molar-refractivity contribution in [2.45, 2.75) is 44.6 Å². The fourth-order valence-electron chi connectivity index (χ4n) is 4.12.